The molecule has 2 aromatic rings. The molecule has 4 nitrogen and oxygen atoms in total. The van der Waals surface area contributed by atoms with Gasteiger partial charge in [-0.3, -0.25) is 4.79 Å². The first-order valence-corrected chi connectivity index (χ1v) is 5.99. The summed E-state index contributed by atoms with van der Waals surface area (Å²) >= 11 is 3.41. The Balaban J connectivity index is 2.09. The van der Waals surface area contributed by atoms with Crippen LogP contribution in [0.25, 0.3) is 0 Å². The molecule has 0 radical (unpaired) electrons. The summed E-state index contributed by atoms with van der Waals surface area (Å²) in [5.74, 6) is 1.19. The topological polar surface area (TPSA) is 57.8 Å². The maximum Gasteiger partial charge on any atom is 0.252 e. The number of hydrogen-bond donors (Lipinski definition) is 2. The van der Waals surface area contributed by atoms with Crippen LogP contribution in [0.3, 0.4) is 0 Å². The van der Waals surface area contributed by atoms with Crippen LogP contribution in [0.2, 0.25) is 0 Å². The van der Waals surface area contributed by atoms with Gasteiger partial charge in [0.2, 0.25) is 0 Å². The number of H-pyrrole nitrogens is 1. The van der Waals surface area contributed by atoms with Crippen molar-refractivity contribution in [3.8, 4) is 0 Å². The van der Waals surface area contributed by atoms with E-state index in [2.05, 4.69) is 31.2 Å². The lowest BCUT2D eigenvalue weighted by atomic mass is 10.2. The fourth-order valence-corrected chi connectivity index (χ4v) is 1.96. The van der Waals surface area contributed by atoms with Gasteiger partial charge in [0.25, 0.3) is 5.56 Å². The Morgan fingerprint density at radius 2 is 2.24 bits per heavy atom. The van der Waals surface area contributed by atoms with Gasteiger partial charge in [-0.15, -0.1) is 0 Å². The Hall–Kier alpha value is -1.62. The second-order valence-electron chi connectivity index (χ2n) is 3.70. The van der Waals surface area contributed by atoms with Crippen LogP contribution in [0.1, 0.15) is 11.4 Å². The first kappa shape index (κ1) is 11.9. The number of rotatable bonds is 3. The summed E-state index contributed by atoms with van der Waals surface area (Å²) in [5, 5.41) is 3.12. The maximum absolute atomic E-state index is 11.2. The average molecular weight is 294 g/mol. The second kappa shape index (κ2) is 5.14. The number of anilines is 1. The van der Waals surface area contributed by atoms with Crippen molar-refractivity contribution in [1.82, 2.24) is 9.97 Å². The zero-order chi connectivity index (χ0) is 12.3. The molecule has 5 heteroatoms. The summed E-state index contributed by atoms with van der Waals surface area (Å²) in [4.78, 5) is 18.0. The molecule has 88 valence electrons. The highest BCUT2D eigenvalue weighted by Crippen LogP contribution is 2.12. The van der Waals surface area contributed by atoms with Crippen LogP contribution in [-0.4, -0.2) is 9.97 Å². The van der Waals surface area contributed by atoms with Gasteiger partial charge >= 0.3 is 0 Å². The van der Waals surface area contributed by atoms with E-state index in [1.165, 1.54) is 6.07 Å². The molecule has 2 N–H and O–H groups in total. The number of nitrogens with one attached hydrogen (secondary N) is 2. The van der Waals surface area contributed by atoms with Crippen LogP contribution >= 0.6 is 15.9 Å². The van der Waals surface area contributed by atoms with Crippen molar-refractivity contribution in [3.63, 3.8) is 0 Å². The molecule has 0 spiro atoms. The third kappa shape index (κ3) is 3.42. The van der Waals surface area contributed by atoms with Crippen molar-refractivity contribution < 1.29 is 0 Å². The van der Waals surface area contributed by atoms with Gasteiger partial charge in [-0.2, -0.15) is 0 Å². The van der Waals surface area contributed by atoms with E-state index in [-0.39, 0.29) is 5.56 Å². The van der Waals surface area contributed by atoms with Crippen LogP contribution < -0.4 is 10.9 Å². The molecule has 0 saturated heterocycles. The summed E-state index contributed by atoms with van der Waals surface area (Å²) in [5.41, 5.74) is 0.980. The van der Waals surface area contributed by atoms with Gasteiger partial charge in [-0.05, 0) is 24.6 Å². The molecule has 0 aliphatic heterocycles. The van der Waals surface area contributed by atoms with E-state index in [4.69, 9.17) is 0 Å². The third-order valence-corrected chi connectivity index (χ3v) is 2.72. The fourth-order valence-electron chi connectivity index (χ4n) is 1.51. The van der Waals surface area contributed by atoms with E-state index in [0.717, 1.165) is 10.0 Å². The number of hydrogen-bond acceptors (Lipinski definition) is 3. The van der Waals surface area contributed by atoms with Crippen molar-refractivity contribution >= 4 is 21.7 Å². The molecular weight excluding hydrogens is 282 g/mol. The summed E-state index contributed by atoms with van der Waals surface area (Å²) in [6.45, 7) is 2.39. The van der Waals surface area contributed by atoms with Crippen molar-refractivity contribution in [2.45, 2.75) is 13.5 Å². The molecule has 0 aliphatic carbocycles. The first-order chi connectivity index (χ1) is 8.13. The molecule has 1 aromatic heterocycles. The van der Waals surface area contributed by atoms with E-state index in [9.17, 15) is 4.79 Å². The van der Waals surface area contributed by atoms with Crippen LogP contribution in [0.5, 0.6) is 0 Å². The number of halogens is 1. The normalized spacial score (nSPS) is 10.2. The molecule has 0 atom stereocenters. The minimum absolute atomic E-state index is 0.144. The lowest BCUT2D eigenvalue weighted by molar-refractivity contribution is 0.997. The number of nitrogens with zero attached hydrogens (tertiary/aromatic N) is 1. The zero-order valence-electron chi connectivity index (χ0n) is 9.33. The van der Waals surface area contributed by atoms with Crippen LogP contribution in [0.4, 0.5) is 5.82 Å². The molecule has 0 amide bonds. The SMILES string of the molecule is Cc1nc(NCc2cccc(Br)c2)cc(=O)[nH]1. The molecule has 0 aliphatic rings. The predicted octanol–water partition coefficient (Wildman–Crippen LogP) is 2.45. The summed E-state index contributed by atoms with van der Waals surface area (Å²) in [7, 11) is 0. The monoisotopic (exact) mass is 293 g/mol. The highest BCUT2D eigenvalue weighted by Gasteiger charge is 1.98. The van der Waals surface area contributed by atoms with Gasteiger partial charge in [0.05, 0.1) is 0 Å². The largest absolute Gasteiger partial charge is 0.366 e. The molecule has 0 bridgehead atoms. The van der Waals surface area contributed by atoms with Crippen molar-refractivity contribution in [3.05, 3.63) is 56.5 Å². The number of aromatic amines is 1. The average Bonchev–Trinajstić information content (AvgIpc) is 2.25. The lowest BCUT2D eigenvalue weighted by Crippen LogP contribution is -2.11. The Bertz CT molecular complexity index is 580. The van der Waals surface area contributed by atoms with Gasteiger partial charge in [-0.1, -0.05) is 28.1 Å². The molecule has 1 heterocycles. The first-order valence-electron chi connectivity index (χ1n) is 5.20. The van der Waals surface area contributed by atoms with Crippen molar-refractivity contribution in [2.24, 2.45) is 0 Å². The van der Waals surface area contributed by atoms with Gasteiger partial charge < -0.3 is 10.3 Å². The van der Waals surface area contributed by atoms with Gasteiger partial charge in [0.1, 0.15) is 11.6 Å². The highest BCUT2D eigenvalue weighted by molar-refractivity contribution is 9.10. The van der Waals surface area contributed by atoms with Crippen LogP contribution in [0, 0.1) is 6.92 Å². The third-order valence-electron chi connectivity index (χ3n) is 2.22. The quantitative estimate of drug-likeness (QED) is 0.914. The van der Waals surface area contributed by atoms with Crippen LogP contribution in [-0.2, 0) is 6.54 Å². The summed E-state index contributed by atoms with van der Waals surface area (Å²) < 4.78 is 1.03. The van der Waals surface area contributed by atoms with E-state index in [0.29, 0.717) is 18.2 Å². The highest BCUT2D eigenvalue weighted by atomic mass is 79.9. The summed E-state index contributed by atoms with van der Waals surface area (Å²) in [6, 6.07) is 9.42. The molecule has 0 unspecified atom stereocenters. The predicted molar refractivity (Wildman–Crippen MR) is 71.1 cm³/mol. The zero-order valence-corrected chi connectivity index (χ0v) is 10.9. The lowest BCUT2D eigenvalue weighted by Gasteiger charge is -2.06. The van der Waals surface area contributed by atoms with E-state index in [1.54, 1.807) is 6.92 Å². The Kier molecular flexibility index (Phi) is 3.58. The molecule has 1 aromatic carbocycles. The smallest absolute Gasteiger partial charge is 0.252 e. The van der Waals surface area contributed by atoms with E-state index in [1.807, 2.05) is 24.3 Å². The van der Waals surface area contributed by atoms with Gasteiger partial charge in [-0.25, -0.2) is 4.98 Å². The molecular formula is C12H12BrN3O. The van der Waals surface area contributed by atoms with Crippen molar-refractivity contribution in [1.29, 1.82) is 0 Å². The molecule has 0 saturated carbocycles. The van der Waals surface area contributed by atoms with Gasteiger partial charge in [0.15, 0.2) is 0 Å². The second-order valence-corrected chi connectivity index (χ2v) is 4.62. The van der Waals surface area contributed by atoms with E-state index < -0.39 is 0 Å². The Morgan fingerprint density at radius 3 is 2.94 bits per heavy atom. The van der Waals surface area contributed by atoms with E-state index >= 15 is 0 Å². The van der Waals surface area contributed by atoms with Crippen molar-refractivity contribution in [2.75, 3.05) is 5.32 Å². The number of benzene rings is 1. The maximum atomic E-state index is 11.2. The Morgan fingerprint density at radius 1 is 1.41 bits per heavy atom. The number of aryl methyl sites for hydroxylation is 1. The molecule has 17 heavy (non-hydrogen) atoms. The fraction of sp³-hybridized carbons (Fsp3) is 0.167. The molecule has 0 fully saturated rings. The van der Waals surface area contributed by atoms with Gasteiger partial charge in [0, 0.05) is 17.1 Å². The Labute approximate surface area is 107 Å². The number of aromatic nitrogens is 2. The summed E-state index contributed by atoms with van der Waals surface area (Å²) in [6.07, 6.45) is 0. The minimum Gasteiger partial charge on any atom is -0.366 e. The minimum atomic E-state index is -0.144. The molecule has 2 rings (SSSR count). The standard InChI is InChI=1S/C12H12BrN3O/c1-8-15-11(6-12(17)16-8)14-7-9-3-2-4-10(13)5-9/h2-6H,7H2,1H3,(H2,14,15,16,17). The van der Waals surface area contributed by atoms with Crippen LogP contribution in [0.15, 0.2) is 39.6 Å².